The third-order valence-corrected chi connectivity index (χ3v) is 7.74. The molecule has 0 aliphatic carbocycles. The molecule has 0 atom stereocenters. The summed E-state index contributed by atoms with van der Waals surface area (Å²) in [5, 5.41) is 15.5. The molecule has 1 aliphatic rings. The maximum Gasteiger partial charge on any atom is 0.271 e. The van der Waals surface area contributed by atoms with E-state index in [-0.39, 0.29) is 16.6 Å². The van der Waals surface area contributed by atoms with Gasteiger partial charge in [-0.1, -0.05) is 17.8 Å². The van der Waals surface area contributed by atoms with E-state index in [9.17, 15) is 13.2 Å². The number of amides is 1. The highest BCUT2D eigenvalue weighted by Crippen LogP contribution is 2.22. The fraction of sp³-hybridized carbons (Fsp3) is 0.368. The van der Waals surface area contributed by atoms with Crippen LogP contribution in [0, 0.1) is 13.8 Å². The summed E-state index contributed by atoms with van der Waals surface area (Å²) in [7, 11) is -3.66. The van der Waals surface area contributed by atoms with Crippen molar-refractivity contribution < 1.29 is 17.9 Å². The molecule has 1 saturated heterocycles. The van der Waals surface area contributed by atoms with E-state index < -0.39 is 10.0 Å². The molecule has 3 heterocycles. The number of carbonyl (C=O) groups is 1. The van der Waals surface area contributed by atoms with Crippen LogP contribution in [0.15, 0.2) is 40.4 Å². The highest BCUT2D eigenvalue weighted by Gasteiger charge is 2.26. The van der Waals surface area contributed by atoms with Crippen molar-refractivity contribution in [3.05, 3.63) is 41.7 Å². The molecule has 1 amide bonds. The fourth-order valence-corrected chi connectivity index (χ4v) is 5.45. The number of sulfonamides is 1. The van der Waals surface area contributed by atoms with E-state index in [2.05, 4.69) is 20.6 Å². The van der Waals surface area contributed by atoms with E-state index in [1.807, 2.05) is 19.9 Å². The number of anilines is 1. The first-order valence-corrected chi connectivity index (χ1v) is 12.5. The molecule has 1 fully saturated rings. The van der Waals surface area contributed by atoms with Gasteiger partial charge in [0.1, 0.15) is 0 Å². The van der Waals surface area contributed by atoms with Crippen LogP contribution < -0.4 is 11.2 Å². The summed E-state index contributed by atoms with van der Waals surface area (Å²) in [6, 6.07) is 8.06. The lowest BCUT2D eigenvalue weighted by molar-refractivity contribution is -0.113. The zero-order chi connectivity index (χ0) is 23.6. The van der Waals surface area contributed by atoms with Gasteiger partial charge < -0.3 is 15.9 Å². The molecule has 4 rings (SSSR count). The number of nitrogens with zero attached hydrogens (tertiary/aromatic N) is 6. The molecule has 1 aromatic carbocycles. The minimum Gasteiger partial charge on any atom is -0.379 e. The van der Waals surface area contributed by atoms with Gasteiger partial charge in [0, 0.05) is 24.5 Å². The van der Waals surface area contributed by atoms with E-state index in [4.69, 9.17) is 10.6 Å². The van der Waals surface area contributed by atoms with Gasteiger partial charge in [-0.3, -0.25) is 4.79 Å². The Hall–Kier alpha value is -2.94. The molecule has 0 spiro atoms. The lowest BCUT2D eigenvalue weighted by Gasteiger charge is -2.26. The number of morpholine rings is 1. The Labute approximate surface area is 195 Å². The van der Waals surface area contributed by atoms with Gasteiger partial charge in [-0.15, -0.1) is 10.2 Å². The molecule has 3 N–H and O–H groups in total. The summed E-state index contributed by atoms with van der Waals surface area (Å²) in [6.07, 6.45) is 0. The highest BCUT2D eigenvalue weighted by atomic mass is 32.2. The average Bonchev–Trinajstić information content (AvgIpc) is 3.33. The number of aromatic nitrogens is 5. The van der Waals surface area contributed by atoms with E-state index in [0.29, 0.717) is 43.1 Å². The number of carbonyl (C=O) groups excluding carboxylic acids is 1. The van der Waals surface area contributed by atoms with Crippen molar-refractivity contribution in [2.45, 2.75) is 23.9 Å². The van der Waals surface area contributed by atoms with Gasteiger partial charge >= 0.3 is 0 Å². The number of nitrogen functional groups attached to an aromatic ring is 1. The number of nitrogens with two attached hydrogens (primary N) is 1. The van der Waals surface area contributed by atoms with Crippen molar-refractivity contribution >= 4 is 33.4 Å². The van der Waals surface area contributed by atoms with Gasteiger partial charge in [0.15, 0.2) is 0 Å². The van der Waals surface area contributed by atoms with Crippen molar-refractivity contribution in [1.82, 2.24) is 29.0 Å². The molecule has 0 radical (unpaired) electrons. The van der Waals surface area contributed by atoms with Crippen molar-refractivity contribution in [3.63, 3.8) is 0 Å². The number of nitrogens with one attached hydrogen (secondary N) is 1. The predicted molar refractivity (Wildman–Crippen MR) is 122 cm³/mol. The SMILES string of the molecule is Cc1cc(C)n(-c2nnc(SCC(=O)Nc3cccc(S(=O)(=O)N4CCOCC4)c3)n2N)n1. The number of aryl methyl sites for hydroxylation is 2. The van der Waals surface area contributed by atoms with E-state index in [1.54, 1.807) is 16.8 Å². The van der Waals surface area contributed by atoms with Crippen LogP contribution in [0.5, 0.6) is 0 Å². The monoisotopic (exact) mass is 492 g/mol. The Balaban J connectivity index is 1.40. The molecular weight excluding hydrogens is 468 g/mol. The molecule has 14 heteroatoms. The Bertz CT molecular complexity index is 1260. The van der Waals surface area contributed by atoms with Crippen molar-refractivity contribution in [1.29, 1.82) is 0 Å². The number of rotatable bonds is 7. The van der Waals surface area contributed by atoms with Crippen molar-refractivity contribution in [2.24, 2.45) is 0 Å². The van der Waals surface area contributed by atoms with Crippen LogP contribution in [0.1, 0.15) is 11.4 Å². The van der Waals surface area contributed by atoms with Gasteiger partial charge in [-0.25, -0.2) is 17.8 Å². The Morgan fingerprint density at radius 3 is 2.67 bits per heavy atom. The third-order valence-electron chi connectivity index (χ3n) is 4.90. The molecule has 0 saturated carbocycles. The molecule has 33 heavy (non-hydrogen) atoms. The molecule has 3 aromatic rings. The Morgan fingerprint density at radius 1 is 1.21 bits per heavy atom. The average molecular weight is 493 g/mol. The lowest BCUT2D eigenvalue weighted by atomic mass is 10.3. The Kier molecular flexibility index (Phi) is 6.69. The summed E-state index contributed by atoms with van der Waals surface area (Å²) in [4.78, 5) is 12.6. The van der Waals surface area contributed by atoms with E-state index >= 15 is 0 Å². The second-order valence-electron chi connectivity index (χ2n) is 7.37. The van der Waals surface area contributed by atoms with Crippen molar-refractivity contribution in [3.8, 4) is 5.95 Å². The van der Waals surface area contributed by atoms with Crippen LogP contribution in [0.4, 0.5) is 5.69 Å². The fourth-order valence-electron chi connectivity index (χ4n) is 3.34. The topological polar surface area (TPSA) is 150 Å². The standard InChI is InChI=1S/C19H24N8O4S2/c1-13-10-14(2)27(24-13)18-22-23-19(26(18)20)32-12-17(28)21-15-4-3-5-16(11-15)33(29,30)25-6-8-31-9-7-25/h3-5,10-11H,6-9,12,20H2,1-2H3,(H,21,28). The predicted octanol–water partition coefficient (Wildman–Crippen LogP) is 0.546. The van der Waals surface area contributed by atoms with Crippen LogP contribution in [-0.2, 0) is 19.6 Å². The molecule has 176 valence electrons. The molecule has 0 bridgehead atoms. The summed E-state index contributed by atoms with van der Waals surface area (Å²) in [6.45, 7) is 5.06. The summed E-state index contributed by atoms with van der Waals surface area (Å²) < 4.78 is 35.1. The number of ether oxygens (including phenoxy) is 1. The molecule has 2 aromatic heterocycles. The zero-order valence-electron chi connectivity index (χ0n) is 18.1. The van der Waals surface area contributed by atoms with Crippen molar-refractivity contribution in [2.75, 3.05) is 43.2 Å². The van der Waals surface area contributed by atoms with Gasteiger partial charge in [-0.2, -0.15) is 9.40 Å². The lowest BCUT2D eigenvalue weighted by Crippen LogP contribution is -2.40. The van der Waals surface area contributed by atoms with Gasteiger partial charge in [0.25, 0.3) is 5.95 Å². The minimum atomic E-state index is -3.66. The summed E-state index contributed by atoms with van der Waals surface area (Å²) in [5.41, 5.74) is 2.06. The normalized spacial score (nSPS) is 15.0. The largest absolute Gasteiger partial charge is 0.379 e. The van der Waals surface area contributed by atoms with Crippen LogP contribution in [0.25, 0.3) is 5.95 Å². The highest BCUT2D eigenvalue weighted by molar-refractivity contribution is 7.99. The quantitative estimate of drug-likeness (QED) is 0.356. The van der Waals surface area contributed by atoms with E-state index in [1.165, 1.54) is 21.1 Å². The van der Waals surface area contributed by atoms with E-state index in [0.717, 1.165) is 23.1 Å². The molecule has 0 unspecified atom stereocenters. The number of hydrogen-bond donors (Lipinski definition) is 2. The molecule has 1 aliphatic heterocycles. The van der Waals surface area contributed by atoms with Crippen LogP contribution >= 0.6 is 11.8 Å². The number of benzene rings is 1. The first-order valence-electron chi connectivity index (χ1n) is 10.1. The van der Waals surface area contributed by atoms with Gasteiger partial charge in [0.05, 0.1) is 29.6 Å². The number of hydrogen-bond acceptors (Lipinski definition) is 9. The first kappa shape index (κ1) is 23.2. The molecular formula is C19H24N8O4S2. The second kappa shape index (κ2) is 9.51. The van der Waals surface area contributed by atoms with Crippen LogP contribution in [-0.4, -0.2) is 75.3 Å². The smallest absolute Gasteiger partial charge is 0.271 e. The first-order chi connectivity index (χ1) is 15.8. The summed E-state index contributed by atoms with van der Waals surface area (Å²) >= 11 is 1.11. The summed E-state index contributed by atoms with van der Waals surface area (Å²) in [5.74, 6) is 6.10. The van der Waals surface area contributed by atoms with Crippen LogP contribution in [0.2, 0.25) is 0 Å². The zero-order valence-corrected chi connectivity index (χ0v) is 19.8. The Morgan fingerprint density at radius 2 is 1.97 bits per heavy atom. The minimum absolute atomic E-state index is 0.00684. The van der Waals surface area contributed by atoms with Gasteiger partial charge in [0.2, 0.25) is 21.1 Å². The number of thioether (sulfide) groups is 1. The third kappa shape index (κ3) is 5.03. The maximum absolute atomic E-state index is 12.8. The van der Waals surface area contributed by atoms with Gasteiger partial charge in [-0.05, 0) is 38.1 Å². The molecule has 12 nitrogen and oxygen atoms in total. The second-order valence-corrected chi connectivity index (χ2v) is 10.3. The maximum atomic E-state index is 12.8. The van der Waals surface area contributed by atoms with Crippen LogP contribution in [0.3, 0.4) is 0 Å².